The summed E-state index contributed by atoms with van der Waals surface area (Å²) in [5, 5.41) is 3.15. The first-order valence-corrected chi connectivity index (χ1v) is 7.38. The Kier molecular flexibility index (Phi) is 3.76. The summed E-state index contributed by atoms with van der Waals surface area (Å²) in [6.45, 7) is 0. The van der Waals surface area contributed by atoms with Crippen LogP contribution in [0.3, 0.4) is 0 Å². The van der Waals surface area contributed by atoms with E-state index in [0.717, 1.165) is 4.57 Å². The number of nitrogens with one attached hydrogen (secondary N) is 1. The predicted octanol–water partition coefficient (Wildman–Crippen LogP) is 0.876. The van der Waals surface area contributed by atoms with Gasteiger partial charge in [0.05, 0.1) is 0 Å². The fraction of sp³-hybridized carbons (Fsp3) is 0.200. The Labute approximate surface area is 140 Å². The number of hydrogen-bond donors (Lipinski definition) is 1. The first-order valence-electron chi connectivity index (χ1n) is 7.00. The fourth-order valence-electron chi connectivity index (χ4n) is 2.47. The first kappa shape index (κ1) is 16.0. The lowest BCUT2D eigenvalue weighted by molar-refractivity contribution is 0.101. The number of aryl methyl sites for hydroxylation is 2. The van der Waals surface area contributed by atoms with Crippen LogP contribution in [0.15, 0.2) is 33.9 Å². The Balaban J connectivity index is 2.14. The molecule has 3 aromatic rings. The lowest BCUT2D eigenvalue weighted by Gasteiger charge is -2.05. The van der Waals surface area contributed by atoms with Gasteiger partial charge in [0.25, 0.3) is 11.5 Å². The van der Waals surface area contributed by atoms with Gasteiger partial charge < -0.3 is 9.88 Å². The molecule has 0 aliphatic carbocycles. The molecular formula is C15H14ClN5O3. The van der Waals surface area contributed by atoms with Crippen LogP contribution in [0.4, 0.5) is 5.69 Å². The number of amides is 1. The minimum atomic E-state index is -0.509. The van der Waals surface area contributed by atoms with E-state index in [-0.39, 0.29) is 17.0 Å². The van der Waals surface area contributed by atoms with E-state index in [0.29, 0.717) is 10.7 Å². The maximum Gasteiger partial charge on any atom is 0.332 e. The quantitative estimate of drug-likeness (QED) is 0.745. The highest BCUT2D eigenvalue weighted by Crippen LogP contribution is 2.16. The average Bonchev–Trinajstić information content (AvgIpc) is 2.88. The number of carbonyl (C=O) groups is 1. The minimum Gasteiger partial charge on any atom is -0.319 e. The molecule has 0 bridgehead atoms. The van der Waals surface area contributed by atoms with Gasteiger partial charge in [0.1, 0.15) is 0 Å². The molecule has 0 saturated carbocycles. The van der Waals surface area contributed by atoms with Crippen LogP contribution in [0.5, 0.6) is 0 Å². The number of nitrogens with zero attached hydrogens (tertiary/aromatic N) is 4. The maximum absolute atomic E-state index is 12.5. The summed E-state index contributed by atoms with van der Waals surface area (Å²) in [6.07, 6.45) is 0. The summed E-state index contributed by atoms with van der Waals surface area (Å²) >= 11 is 5.89. The van der Waals surface area contributed by atoms with E-state index in [2.05, 4.69) is 10.3 Å². The highest BCUT2D eigenvalue weighted by molar-refractivity contribution is 6.30. The van der Waals surface area contributed by atoms with Crippen molar-refractivity contribution in [2.75, 3.05) is 5.32 Å². The number of anilines is 1. The van der Waals surface area contributed by atoms with Crippen molar-refractivity contribution in [2.24, 2.45) is 21.1 Å². The Morgan fingerprint density at radius 3 is 2.50 bits per heavy atom. The Bertz CT molecular complexity index is 1090. The lowest BCUT2D eigenvalue weighted by atomic mass is 10.3. The average molecular weight is 348 g/mol. The number of aromatic nitrogens is 4. The van der Waals surface area contributed by atoms with Gasteiger partial charge in [-0.25, -0.2) is 9.78 Å². The Morgan fingerprint density at radius 2 is 1.83 bits per heavy atom. The van der Waals surface area contributed by atoms with E-state index >= 15 is 0 Å². The molecule has 0 aliphatic heterocycles. The molecule has 2 aromatic heterocycles. The summed E-state index contributed by atoms with van der Waals surface area (Å²) in [6, 6.07) is 6.66. The van der Waals surface area contributed by atoms with Crippen molar-refractivity contribution >= 4 is 34.4 Å². The highest BCUT2D eigenvalue weighted by Gasteiger charge is 2.21. The van der Waals surface area contributed by atoms with Gasteiger partial charge in [0.15, 0.2) is 11.2 Å². The van der Waals surface area contributed by atoms with Gasteiger partial charge in [-0.2, -0.15) is 0 Å². The van der Waals surface area contributed by atoms with Crippen LogP contribution in [0.25, 0.3) is 11.2 Å². The summed E-state index contributed by atoms with van der Waals surface area (Å²) in [4.78, 5) is 40.9. The second kappa shape index (κ2) is 5.64. The third-order valence-corrected chi connectivity index (χ3v) is 4.00. The molecule has 0 radical (unpaired) electrons. The predicted molar refractivity (Wildman–Crippen MR) is 90.6 cm³/mol. The number of carbonyl (C=O) groups excluding carboxylic acids is 1. The number of hydrogen-bond acceptors (Lipinski definition) is 4. The Hall–Kier alpha value is -2.87. The number of halogens is 1. The summed E-state index contributed by atoms with van der Waals surface area (Å²) in [5.74, 6) is -0.492. The molecule has 124 valence electrons. The summed E-state index contributed by atoms with van der Waals surface area (Å²) in [7, 11) is 4.42. The number of benzene rings is 1. The van der Waals surface area contributed by atoms with E-state index in [4.69, 9.17) is 11.6 Å². The van der Waals surface area contributed by atoms with Gasteiger partial charge in [-0.1, -0.05) is 17.7 Å². The molecule has 0 spiro atoms. The number of rotatable bonds is 2. The molecule has 8 nitrogen and oxygen atoms in total. The van der Waals surface area contributed by atoms with E-state index in [1.807, 2.05) is 0 Å². The summed E-state index contributed by atoms with van der Waals surface area (Å²) < 4.78 is 3.58. The molecule has 3 rings (SSSR count). The van der Waals surface area contributed by atoms with Crippen molar-refractivity contribution in [3.05, 3.63) is 56.0 Å². The van der Waals surface area contributed by atoms with Gasteiger partial charge in [-0.15, -0.1) is 0 Å². The van der Waals surface area contributed by atoms with Crippen LogP contribution in [0.2, 0.25) is 5.02 Å². The van der Waals surface area contributed by atoms with Crippen LogP contribution in [-0.2, 0) is 21.1 Å². The van der Waals surface area contributed by atoms with Crippen LogP contribution in [-0.4, -0.2) is 24.6 Å². The second-order valence-electron chi connectivity index (χ2n) is 5.34. The zero-order valence-corrected chi connectivity index (χ0v) is 14.0. The zero-order valence-electron chi connectivity index (χ0n) is 13.2. The van der Waals surface area contributed by atoms with Gasteiger partial charge in [-0.05, 0) is 18.2 Å². The fourth-order valence-corrected chi connectivity index (χ4v) is 2.67. The second-order valence-corrected chi connectivity index (χ2v) is 5.77. The standard InChI is InChI=1S/C15H14ClN5O3/c1-19-10-11(20(2)15(24)21(3)14(10)23)18-12(19)13(22)17-9-6-4-5-8(16)7-9/h4-7H,1-3H3,(H,17,22). The molecule has 1 aromatic carbocycles. The topological polar surface area (TPSA) is 90.9 Å². The van der Waals surface area contributed by atoms with E-state index in [1.54, 1.807) is 31.3 Å². The van der Waals surface area contributed by atoms with Crippen molar-refractivity contribution in [1.82, 2.24) is 18.7 Å². The monoisotopic (exact) mass is 347 g/mol. The van der Waals surface area contributed by atoms with Crippen molar-refractivity contribution < 1.29 is 4.79 Å². The molecular weight excluding hydrogens is 334 g/mol. The van der Waals surface area contributed by atoms with Crippen LogP contribution < -0.4 is 16.6 Å². The van der Waals surface area contributed by atoms with E-state index < -0.39 is 17.2 Å². The Morgan fingerprint density at radius 1 is 1.12 bits per heavy atom. The molecule has 9 heteroatoms. The van der Waals surface area contributed by atoms with Gasteiger partial charge in [-0.3, -0.25) is 18.7 Å². The van der Waals surface area contributed by atoms with Gasteiger partial charge >= 0.3 is 5.69 Å². The van der Waals surface area contributed by atoms with Crippen molar-refractivity contribution in [3.8, 4) is 0 Å². The largest absolute Gasteiger partial charge is 0.332 e. The maximum atomic E-state index is 12.5. The van der Waals surface area contributed by atoms with Crippen LogP contribution in [0.1, 0.15) is 10.6 Å². The highest BCUT2D eigenvalue weighted by atomic mass is 35.5. The lowest BCUT2D eigenvalue weighted by Crippen LogP contribution is -2.37. The number of fused-ring (bicyclic) bond motifs is 1. The normalized spacial score (nSPS) is 11.0. The van der Waals surface area contributed by atoms with Crippen molar-refractivity contribution in [2.45, 2.75) is 0 Å². The van der Waals surface area contributed by atoms with Crippen LogP contribution in [0, 0.1) is 0 Å². The van der Waals surface area contributed by atoms with Gasteiger partial charge in [0.2, 0.25) is 5.82 Å². The van der Waals surface area contributed by atoms with Crippen molar-refractivity contribution in [1.29, 1.82) is 0 Å². The SMILES string of the molecule is Cn1c(=O)c2c(nc(C(=O)Nc3cccc(Cl)c3)n2C)n(C)c1=O. The van der Waals surface area contributed by atoms with Gasteiger partial charge in [0, 0.05) is 31.9 Å². The zero-order chi connectivity index (χ0) is 17.6. The minimum absolute atomic E-state index is 0.0169. The molecule has 0 unspecified atom stereocenters. The molecule has 0 saturated heterocycles. The van der Waals surface area contributed by atoms with Crippen LogP contribution >= 0.6 is 11.6 Å². The molecule has 0 aliphatic rings. The molecule has 2 heterocycles. The third-order valence-electron chi connectivity index (χ3n) is 3.76. The molecule has 0 atom stereocenters. The van der Waals surface area contributed by atoms with E-state index in [9.17, 15) is 14.4 Å². The first-order chi connectivity index (χ1) is 11.3. The third kappa shape index (κ3) is 2.41. The van der Waals surface area contributed by atoms with E-state index in [1.165, 1.54) is 23.2 Å². The molecule has 0 fully saturated rings. The molecule has 1 amide bonds. The smallest absolute Gasteiger partial charge is 0.319 e. The number of imidazole rings is 1. The summed E-state index contributed by atoms with van der Waals surface area (Å²) in [5.41, 5.74) is -0.184. The molecule has 1 N–H and O–H groups in total. The van der Waals surface area contributed by atoms with Crippen molar-refractivity contribution in [3.63, 3.8) is 0 Å². The molecule has 24 heavy (non-hydrogen) atoms.